The average Bonchev–Trinajstić information content (AvgIpc) is 2.39. The van der Waals surface area contributed by atoms with E-state index in [1.807, 2.05) is 0 Å². The van der Waals surface area contributed by atoms with Crippen molar-refractivity contribution in [3.63, 3.8) is 0 Å². The van der Waals surface area contributed by atoms with Crippen LogP contribution in [0, 0.1) is 5.92 Å². The van der Waals surface area contributed by atoms with Crippen LogP contribution in [0.1, 0.15) is 20.3 Å². The number of nitrogens with zero attached hydrogens (tertiary/aromatic N) is 1. The highest BCUT2D eigenvalue weighted by Gasteiger charge is 2.44. The molecule has 0 heterocycles. The Labute approximate surface area is 124 Å². The zero-order valence-electron chi connectivity index (χ0n) is 12.1. The van der Waals surface area contributed by atoms with Gasteiger partial charge in [-0.15, -0.1) is 0 Å². The lowest BCUT2D eigenvalue weighted by Gasteiger charge is -2.45. The van der Waals surface area contributed by atoms with Crippen molar-refractivity contribution in [3.8, 4) is 0 Å². The third kappa shape index (κ3) is 5.42. The van der Waals surface area contributed by atoms with E-state index in [4.69, 9.17) is 9.66 Å². The highest BCUT2D eigenvalue weighted by molar-refractivity contribution is 7.86. The van der Waals surface area contributed by atoms with Gasteiger partial charge in [-0.3, -0.25) is 9.45 Å². The van der Waals surface area contributed by atoms with Crippen molar-refractivity contribution < 1.29 is 38.5 Å². The molecule has 0 saturated carbocycles. The Kier molecular flexibility index (Phi) is 8.21. The molecule has 0 aromatic heterocycles. The molecule has 6 N–H and O–H groups in total. The Balaban J connectivity index is 5.60. The van der Waals surface area contributed by atoms with Crippen LogP contribution >= 0.6 is 0 Å². The van der Waals surface area contributed by atoms with Gasteiger partial charge in [-0.1, -0.05) is 13.8 Å². The molecule has 0 aromatic rings. The quantitative estimate of drug-likeness (QED) is 0.189. The Hall–Kier alpha value is -0.330. The van der Waals surface area contributed by atoms with E-state index in [1.165, 1.54) is 0 Å². The maximum absolute atomic E-state index is 10.9. The summed E-state index contributed by atoms with van der Waals surface area (Å²) in [7, 11) is -4.95. The number of hydrogen-bond acceptors (Lipinski definition) is 8. The molecule has 0 aliphatic rings. The third-order valence-corrected chi connectivity index (χ3v) is 4.06. The van der Waals surface area contributed by atoms with Crippen LogP contribution in [-0.2, 0) is 10.1 Å². The fourth-order valence-electron chi connectivity index (χ4n) is 2.30. The Morgan fingerprint density at radius 2 is 1.57 bits per heavy atom. The van der Waals surface area contributed by atoms with Crippen LogP contribution in [0.25, 0.3) is 0 Å². The molecule has 0 bridgehead atoms. The Bertz CT molecular complexity index is 395. The van der Waals surface area contributed by atoms with Crippen molar-refractivity contribution in [1.29, 1.82) is 0 Å². The van der Waals surface area contributed by atoms with Gasteiger partial charge in [-0.2, -0.15) is 8.42 Å². The van der Waals surface area contributed by atoms with Gasteiger partial charge in [0, 0.05) is 6.54 Å². The molecule has 2 unspecified atom stereocenters. The van der Waals surface area contributed by atoms with Crippen molar-refractivity contribution >= 4 is 10.1 Å². The molecule has 9 nitrogen and oxygen atoms in total. The first-order valence-corrected chi connectivity index (χ1v) is 7.97. The molecule has 0 aliphatic heterocycles. The molecule has 10 heteroatoms. The van der Waals surface area contributed by atoms with Crippen LogP contribution in [0.5, 0.6) is 0 Å². The number of β-amino-alcohol motifs (C(OH)–C–C–N with tert-alkyl or cyclic N) is 1. The van der Waals surface area contributed by atoms with Gasteiger partial charge < -0.3 is 25.5 Å². The smallest absolute Gasteiger partial charge is 0.296 e. The number of aliphatic hydroxyl groups excluding tert-OH is 5. The minimum absolute atomic E-state index is 0.0411. The second-order valence-corrected chi connectivity index (χ2v) is 6.89. The van der Waals surface area contributed by atoms with Crippen LogP contribution in [0.15, 0.2) is 0 Å². The van der Waals surface area contributed by atoms with Crippen molar-refractivity contribution in [2.75, 3.05) is 26.4 Å². The van der Waals surface area contributed by atoms with E-state index in [9.17, 15) is 28.8 Å². The summed E-state index contributed by atoms with van der Waals surface area (Å²) in [6.45, 7) is 1.44. The summed E-state index contributed by atoms with van der Waals surface area (Å²) in [5.41, 5.74) is -4.00. The van der Waals surface area contributed by atoms with Crippen LogP contribution in [0.3, 0.4) is 0 Å². The van der Waals surface area contributed by atoms with E-state index >= 15 is 0 Å². The van der Waals surface area contributed by atoms with Gasteiger partial charge in [0.1, 0.15) is 0 Å². The lowest BCUT2D eigenvalue weighted by atomic mass is 9.88. The number of hydrogen-bond donors (Lipinski definition) is 6. The summed E-state index contributed by atoms with van der Waals surface area (Å²) >= 11 is 0. The van der Waals surface area contributed by atoms with Gasteiger partial charge >= 0.3 is 0 Å². The summed E-state index contributed by atoms with van der Waals surface area (Å²) in [6, 6.07) is 0. The molecule has 0 spiro atoms. The molecule has 2 atom stereocenters. The Morgan fingerprint density at radius 3 is 1.86 bits per heavy atom. The predicted octanol–water partition coefficient (Wildman–Crippen LogP) is -2.43. The van der Waals surface area contributed by atoms with Crippen LogP contribution < -0.4 is 0 Å². The highest BCUT2D eigenvalue weighted by Crippen LogP contribution is 2.27. The van der Waals surface area contributed by atoms with Crippen LogP contribution in [-0.4, -0.2) is 87.0 Å². The summed E-state index contributed by atoms with van der Waals surface area (Å²) in [6.07, 6.45) is -1.96. The largest absolute Gasteiger partial charge is 0.395 e. The first-order valence-electron chi connectivity index (χ1n) is 6.47. The molecule has 0 rings (SSSR count). The molecule has 0 aliphatic carbocycles. The highest BCUT2D eigenvalue weighted by atomic mass is 32.2. The van der Waals surface area contributed by atoms with E-state index in [0.29, 0.717) is 0 Å². The second kappa shape index (κ2) is 8.34. The normalized spacial score (nSPS) is 16.5. The van der Waals surface area contributed by atoms with Crippen molar-refractivity contribution in [2.45, 2.75) is 37.5 Å². The molecule has 0 amide bonds. The van der Waals surface area contributed by atoms with Crippen molar-refractivity contribution in [1.82, 2.24) is 4.90 Å². The summed E-state index contributed by atoms with van der Waals surface area (Å²) in [4.78, 5) is 0.880. The SMILES string of the molecule is CC(C)CC(CO)(CO)N(CCO)C(O)C(O)S(=O)(=O)O. The van der Waals surface area contributed by atoms with E-state index in [2.05, 4.69) is 0 Å². The van der Waals surface area contributed by atoms with Gasteiger partial charge in [-0.25, -0.2) is 0 Å². The predicted molar refractivity (Wildman–Crippen MR) is 73.7 cm³/mol. The topological polar surface area (TPSA) is 159 Å². The molecule has 21 heavy (non-hydrogen) atoms. The van der Waals surface area contributed by atoms with Gasteiger partial charge in [0.15, 0.2) is 6.23 Å². The number of rotatable bonds is 10. The van der Waals surface area contributed by atoms with Gasteiger partial charge in [-0.05, 0) is 12.3 Å². The fourth-order valence-corrected chi connectivity index (χ4v) is 2.76. The first-order chi connectivity index (χ1) is 9.55. The fraction of sp³-hybridized carbons (Fsp3) is 1.00. The average molecular weight is 331 g/mol. The maximum atomic E-state index is 10.9. The summed E-state index contributed by atoms with van der Waals surface area (Å²) < 4.78 is 30.7. The second-order valence-electron chi connectivity index (χ2n) is 5.37. The van der Waals surface area contributed by atoms with E-state index in [1.54, 1.807) is 13.8 Å². The molecule has 0 saturated heterocycles. The van der Waals surface area contributed by atoms with Crippen LogP contribution in [0.2, 0.25) is 0 Å². The molecule has 0 fully saturated rings. The van der Waals surface area contributed by atoms with Gasteiger partial charge in [0.25, 0.3) is 10.1 Å². The van der Waals surface area contributed by atoms with Crippen molar-refractivity contribution in [3.05, 3.63) is 0 Å². The maximum Gasteiger partial charge on any atom is 0.296 e. The molecular formula is C11H25NO8S. The van der Waals surface area contributed by atoms with Crippen LogP contribution in [0.4, 0.5) is 0 Å². The minimum Gasteiger partial charge on any atom is -0.395 e. The number of aliphatic hydroxyl groups is 5. The van der Waals surface area contributed by atoms with Gasteiger partial charge in [0.2, 0.25) is 5.44 Å². The molecular weight excluding hydrogens is 306 g/mol. The lowest BCUT2D eigenvalue weighted by molar-refractivity contribution is -0.144. The standard InChI is InChI=1S/C11H25NO8S/c1-8(2)5-11(6-14,7-15)12(3-4-13)9(16)10(17)21(18,19)20/h8-10,13-17H,3-7H2,1-2H3,(H,18,19,20). The minimum atomic E-state index is -4.95. The summed E-state index contributed by atoms with van der Waals surface area (Å²) in [5.74, 6) is -0.0411. The zero-order valence-corrected chi connectivity index (χ0v) is 12.9. The van der Waals surface area contributed by atoms with E-state index in [0.717, 1.165) is 4.90 Å². The molecule has 0 aromatic carbocycles. The van der Waals surface area contributed by atoms with E-state index < -0.39 is 47.1 Å². The molecule has 128 valence electrons. The van der Waals surface area contributed by atoms with Crippen molar-refractivity contribution in [2.24, 2.45) is 5.92 Å². The van der Waals surface area contributed by atoms with E-state index in [-0.39, 0.29) is 18.9 Å². The zero-order chi connectivity index (χ0) is 16.8. The first kappa shape index (κ1) is 20.7. The summed E-state index contributed by atoms with van der Waals surface area (Å²) in [5, 5.41) is 47.6. The Morgan fingerprint density at radius 1 is 1.10 bits per heavy atom. The lowest BCUT2D eigenvalue weighted by Crippen LogP contribution is -2.63. The van der Waals surface area contributed by atoms with Gasteiger partial charge in [0.05, 0.1) is 25.4 Å². The third-order valence-electron chi connectivity index (χ3n) is 3.21. The monoisotopic (exact) mass is 331 g/mol. The molecule has 0 radical (unpaired) electrons.